The normalized spacial score (nSPS) is 18.9. The molecule has 40 heavy (non-hydrogen) atoms. The first-order valence-electron chi connectivity index (χ1n) is 14.4. The predicted octanol–water partition coefficient (Wildman–Crippen LogP) is 2.84. The lowest BCUT2D eigenvalue weighted by Gasteiger charge is -2.38. The smallest absolute Gasteiger partial charge is 0.254 e. The van der Waals surface area contributed by atoms with Crippen LogP contribution in [0.5, 0.6) is 11.5 Å². The Hall–Kier alpha value is -2.85. The van der Waals surface area contributed by atoms with Crippen LogP contribution in [-0.4, -0.2) is 98.3 Å². The third-order valence-corrected chi connectivity index (χ3v) is 7.46. The molecule has 1 saturated heterocycles. The summed E-state index contributed by atoms with van der Waals surface area (Å²) >= 11 is 0. The lowest BCUT2D eigenvalue weighted by atomic mass is 9.96. The Morgan fingerprint density at radius 3 is 2.42 bits per heavy atom. The van der Waals surface area contributed by atoms with Gasteiger partial charge in [0.25, 0.3) is 5.91 Å². The Kier molecular flexibility index (Phi) is 11.2. The van der Waals surface area contributed by atoms with E-state index in [1.165, 1.54) is 6.92 Å². The summed E-state index contributed by atoms with van der Waals surface area (Å²) in [5.74, 6) is 1.01. The van der Waals surface area contributed by atoms with Gasteiger partial charge in [0.15, 0.2) is 11.5 Å². The van der Waals surface area contributed by atoms with Crippen molar-refractivity contribution in [3.05, 3.63) is 23.8 Å². The fraction of sp³-hybridized carbons (Fsp3) is 0.700. The summed E-state index contributed by atoms with van der Waals surface area (Å²) in [6, 6.07) is 5.41. The Balaban J connectivity index is 1.77. The molecule has 0 radical (unpaired) electrons. The van der Waals surface area contributed by atoms with Gasteiger partial charge in [-0.2, -0.15) is 0 Å². The highest BCUT2D eigenvalue weighted by Gasteiger charge is 2.42. The van der Waals surface area contributed by atoms with E-state index in [1.807, 2.05) is 37.5 Å². The summed E-state index contributed by atoms with van der Waals surface area (Å²) in [6.07, 6.45) is 2.94. The van der Waals surface area contributed by atoms with E-state index in [0.29, 0.717) is 43.4 Å². The molecule has 1 aromatic carbocycles. The number of nitrogens with zero attached hydrogens (tertiary/aromatic N) is 2. The number of carbonyl (C=O) groups excluding carboxylic acids is 3. The molecular formula is C30H48N4O6. The summed E-state index contributed by atoms with van der Waals surface area (Å²) in [5.41, 5.74) is -0.0878. The van der Waals surface area contributed by atoms with E-state index in [0.717, 1.165) is 25.8 Å². The second-order valence-corrected chi connectivity index (χ2v) is 11.9. The molecule has 0 unspecified atom stereocenters. The van der Waals surface area contributed by atoms with Gasteiger partial charge in [0.05, 0.1) is 19.8 Å². The minimum atomic E-state index is -0.624. The Bertz CT molecular complexity index is 1030. The van der Waals surface area contributed by atoms with E-state index in [9.17, 15) is 14.4 Å². The maximum Gasteiger partial charge on any atom is 0.254 e. The van der Waals surface area contributed by atoms with Gasteiger partial charge in [-0.05, 0) is 58.7 Å². The van der Waals surface area contributed by atoms with E-state index < -0.39 is 5.54 Å². The van der Waals surface area contributed by atoms with Crippen LogP contribution in [0, 0.1) is 5.92 Å². The van der Waals surface area contributed by atoms with Gasteiger partial charge in [-0.1, -0.05) is 0 Å². The molecule has 1 aromatic rings. The summed E-state index contributed by atoms with van der Waals surface area (Å²) < 4.78 is 16.5. The maximum absolute atomic E-state index is 14.0. The Morgan fingerprint density at radius 2 is 1.82 bits per heavy atom. The molecule has 10 heteroatoms. The molecule has 2 N–H and O–H groups in total. The highest BCUT2D eigenvalue weighted by atomic mass is 16.5. The fourth-order valence-electron chi connectivity index (χ4n) is 5.55. The van der Waals surface area contributed by atoms with Crippen molar-refractivity contribution >= 4 is 17.7 Å². The highest BCUT2D eigenvalue weighted by Crippen LogP contribution is 2.33. The number of amides is 3. The standard InChI is InChI=1S/C30H48N4O6/c1-20(2)34(29(37)22-9-12-26(39-7)27(15-22)40-14-8-13-38-6)25-18-31-17-23(25)19-33(24-10-11-24)28(36)16-30(4,5)32-21(3)35/h9,12,15,20,23-25,31H,8,10-11,13-14,16-19H2,1-7H3,(H,32,35)/t23-,25+/m0/s1. The first-order valence-corrected chi connectivity index (χ1v) is 14.4. The second-order valence-electron chi connectivity index (χ2n) is 11.9. The van der Waals surface area contributed by atoms with Gasteiger partial charge in [0.2, 0.25) is 11.8 Å². The van der Waals surface area contributed by atoms with Crippen molar-refractivity contribution in [3.8, 4) is 11.5 Å². The maximum atomic E-state index is 14.0. The summed E-state index contributed by atoms with van der Waals surface area (Å²) in [6.45, 7) is 12.3. The molecule has 1 aliphatic carbocycles. The molecule has 2 fully saturated rings. The third kappa shape index (κ3) is 8.57. The highest BCUT2D eigenvalue weighted by molar-refractivity contribution is 5.95. The number of rotatable bonds is 15. The van der Waals surface area contributed by atoms with Crippen molar-refractivity contribution < 1.29 is 28.6 Å². The molecule has 1 aliphatic heterocycles. The van der Waals surface area contributed by atoms with Crippen molar-refractivity contribution in [2.24, 2.45) is 5.92 Å². The van der Waals surface area contributed by atoms with Crippen LogP contribution >= 0.6 is 0 Å². The van der Waals surface area contributed by atoms with E-state index in [2.05, 4.69) is 10.6 Å². The SMILES string of the molecule is COCCCOc1cc(C(=O)N(C(C)C)[C@@H]2CNC[C@H]2CN(C(=O)CC(C)(C)NC(C)=O)C2CC2)ccc1OC. The van der Waals surface area contributed by atoms with Gasteiger partial charge in [0.1, 0.15) is 0 Å². The van der Waals surface area contributed by atoms with Crippen LogP contribution < -0.4 is 20.1 Å². The number of benzene rings is 1. The van der Waals surface area contributed by atoms with Crippen LogP contribution in [0.3, 0.4) is 0 Å². The van der Waals surface area contributed by atoms with E-state index >= 15 is 0 Å². The van der Waals surface area contributed by atoms with Gasteiger partial charge < -0.3 is 34.6 Å². The summed E-state index contributed by atoms with van der Waals surface area (Å²) in [5, 5.41) is 6.35. The van der Waals surface area contributed by atoms with Crippen molar-refractivity contribution in [2.75, 3.05) is 47.1 Å². The Morgan fingerprint density at radius 1 is 1.10 bits per heavy atom. The molecule has 0 bridgehead atoms. The number of nitrogens with one attached hydrogen (secondary N) is 2. The zero-order chi connectivity index (χ0) is 29.4. The molecule has 3 amide bonds. The minimum Gasteiger partial charge on any atom is -0.493 e. The van der Waals surface area contributed by atoms with E-state index in [4.69, 9.17) is 14.2 Å². The van der Waals surface area contributed by atoms with Gasteiger partial charge in [-0.15, -0.1) is 0 Å². The number of carbonyl (C=O) groups is 3. The van der Waals surface area contributed by atoms with Crippen LogP contribution in [0.2, 0.25) is 0 Å². The molecule has 3 rings (SSSR count). The predicted molar refractivity (Wildman–Crippen MR) is 154 cm³/mol. The van der Waals surface area contributed by atoms with Crippen LogP contribution in [0.1, 0.15) is 70.7 Å². The average molecular weight is 561 g/mol. The van der Waals surface area contributed by atoms with Crippen LogP contribution in [0.25, 0.3) is 0 Å². The van der Waals surface area contributed by atoms with Gasteiger partial charge in [-0.25, -0.2) is 0 Å². The molecule has 1 heterocycles. The lowest BCUT2D eigenvalue weighted by Crippen LogP contribution is -2.52. The molecule has 2 atom stereocenters. The minimum absolute atomic E-state index is 0.0414. The van der Waals surface area contributed by atoms with Crippen LogP contribution in [0.15, 0.2) is 18.2 Å². The largest absolute Gasteiger partial charge is 0.493 e. The van der Waals surface area contributed by atoms with Gasteiger partial charge >= 0.3 is 0 Å². The number of hydrogen-bond acceptors (Lipinski definition) is 7. The average Bonchev–Trinajstić information content (AvgIpc) is 3.62. The Labute approximate surface area is 239 Å². The van der Waals surface area contributed by atoms with Crippen molar-refractivity contribution in [3.63, 3.8) is 0 Å². The number of ether oxygens (including phenoxy) is 3. The molecule has 224 valence electrons. The van der Waals surface area contributed by atoms with Gasteiger partial charge in [-0.3, -0.25) is 14.4 Å². The molecule has 0 spiro atoms. The molecular weight excluding hydrogens is 512 g/mol. The molecule has 1 saturated carbocycles. The molecule has 2 aliphatic rings. The first kappa shape index (κ1) is 31.7. The number of methoxy groups -OCH3 is 2. The summed E-state index contributed by atoms with van der Waals surface area (Å²) in [4.78, 5) is 43.0. The second kappa shape index (κ2) is 14.2. The monoisotopic (exact) mass is 560 g/mol. The molecule has 10 nitrogen and oxygen atoms in total. The topological polar surface area (TPSA) is 109 Å². The number of hydrogen-bond donors (Lipinski definition) is 2. The summed E-state index contributed by atoms with van der Waals surface area (Å²) in [7, 11) is 3.23. The quantitative estimate of drug-likeness (QED) is 0.318. The first-order chi connectivity index (χ1) is 19.0. The van der Waals surface area contributed by atoms with Crippen molar-refractivity contribution in [1.29, 1.82) is 0 Å². The van der Waals surface area contributed by atoms with Crippen LogP contribution in [-0.2, 0) is 14.3 Å². The van der Waals surface area contributed by atoms with E-state index in [-0.39, 0.29) is 48.2 Å². The van der Waals surface area contributed by atoms with Crippen molar-refractivity contribution in [2.45, 2.75) is 84.0 Å². The van der Waals surface area contributed by atoms with Crippen molar-refractivity contribution in [1.82, 2.24) is 20.4 Å². The lowest BCUT2D eigenvalue weighted by molar-refractivity contribution is -0.134. The van der Waals surface area contributed by atoms with E-state index in [1.54, 1.807) is 32.4 Å². The fourth-order valence-corrected chi connectivity index (χ4v) is 5.55. The van der Waals surface area contributed by atoms with Gasteiger partial charge in [0, 0.05) is 82.2 Å². The molecule has 0 aromatic heterocycles. The zero-order valence-electron chi connectivity index (χ0n) is 25.2. The third-order valence-electron chi connectivity index (χ3n) is 7.46. The zero-order valence-corrected chi connectivity index (χ0v) is 25.2. The van der Waals surface area contributed by atoms with Crippen LogP contribution in [0.4, 0.5) is 0 Å².